The SMILES string of the molecule is CCCn1c(C(O)(c2ccccc2)c2ccccc2)n[nH]c1=S. The molecule has 1 aromatic heterocycles. The van der Waals surface area contributed by atoms with Crippen LogP contribution in [-0.4, -0.2) is 19.9 Å². The smallest absolute Gasteiger partial charge is 0.195 e. The Morgan fingerprint density at radius 1 is 1.04 bits per heavy atom. The molecule has 0 bridgehead atoms. The predicted octanol–water partition coefficient (Wildman–Crippen LogP) is 3.63. The molecule has 0 atom stereocenters. The fourth-order valence-electron chi connectivity index (χ4n) is 2.81. The molecule has 5 heteroatoms. The first-order chi connectivity index (χ1) is 11.2. The van der Waals surface area contributed by atoms with Crippen molar-refractivity contribution >= 4 is 12.2 Å². The van der Waals surface area contributed by atoms with Crippen molar-refractivity contribution in [3.8, 4) is 0 Å². The number of aromatic nitrogens is 3. The maximum atomic E-state index is 11.7. The average molecular weight is 325 g/mol. The summed E-state index contributed by atoms with van der Waals surface area (Å²) in [6.07, 6.45) is 0.903. The highest BCUT2D eigenvalue weighted by Crippen LogP contribution is 2.35. The zero-order valence-corrected chi connectivity index (χ0v) is 13.8. The molecule has 4 nitrogen and oxygen atoms in total. The lowest BCUT2D eigenvalue weighted by Gasteiger charge is -2.28. The molecule has 0 aliphatic heterocycles. The molecule has 0 fully saturated rings. The second kappa shape index (κ2) is 6.48. The Balaban J connectivity index is 2.28. The van der Waals surface area contributed by atoms with Gasteiger partial charge in [0.15, 0.2) is 16.2 Å². The van der Waals surface area contributed by atoms with Crippen LogP contribution in [0, 0.1) is 4.77 Å². The molecule has 0 unspecified atom stereocenters. The minimum Gasteiger partial charge on any atom is -0.373 e. The minimum atomic E-state index is -1.36. The Kier molecular flexibility index (Phi) is 4.41. The standard InChI is InChI=1S/C18H19N3OS/c1-2-13-21-16(19-20-17(21)23)18(22,14-9-5-3-6-10-14)15-11-7-4-8-12-15/h3-12,22H,2,13H2,1H3,(H,20,23). The molecule has 0 saturated heterocycles. The predicted molar refractivity (Wildman–Crippen MR) is 92.7 cm³/mol. The van der Waals surface area contributed by atoms with Gasteiger partial charge in [0.05, 0.1) is 0 Å². The van der Waals surface area contributed by atoms with Crippen LogP contribution in [0.2, 0.25) is 0 Å². The molecule has 0 spiro atoms. The number of nitrogens with one attached hydrogen (secondary N) is 1. The van der Waals surface area contributed by atoms with Gasteiger partial charge in [-0.2, -0.15) is 5.10 Å². The molecule has 1 heterocycles. The molecular formula is C18H19N3OS. The van der Waals surface area contributed by atoms with Crippen LogP contribution in [0.1, 0.15) is 30.3 Å². The molecule has 0 amide bonds. The van der Waals surface area contributed by atoms with Crippen molar-refractivity contribution in [3.63, 3.8) is 0 Å². The van der Waals surface area contributed by atoms with Crippen LogP contribution >= 0.6 is 12.2 Å². The second-order valence-electron chi connectivity index (χ2n) is 5.45. The van der Waals surface area contributed by atoms with E-state index in [0.717, 1.165) is 17.5 Å². The molecule has 0 aliphatic rings. The molecule has 0 saturated carbocycles. The summed E-state index contributed by atoms with van der Waals surface area (Å²) in [7, 11) is 0. The Hall–Kier alpha value is -2.24. The highest BCUT2D eigenvalue weighted by molar-refractivity contribution is 7.71. The van der Waals surface area contributed by atoms with Crippen LogP contribution in [0.15, 0.2) is 60.7 Å². The Morgan fingerprint density at radius 3 is 2.04 bits per heavy atom. The maximum Gasteiger partial charge on any atom is 0.195 e. The minimum absolute atomic E-state index is 0.516. The van der Waals surface area contributed by atoms with Gasteiger partial charge in [0.1, 0.15) is 0 Å². The van der Waals surface area contributed by atoms with Gasteiger partial charge in [0.25, 0.3) is 0 Å². The zero-order valence-electron chi connectivity index (χ0n) is 12.9. The second-order valence-corrected chi connectivity index (χ2v) is 5.83. The molecule has 23 heavy (non-hydrogen) atoms. The lowest BCUT2D eigenvalue weighted by Crippen LogP contribution is -2.32. The molecule has 0 radical (unpaired) electrons. The fraction of sp³-hybridized carbons (Fsp3) is 0.222. The van der Waals surface area contributed by atoms with E-state index in [1.165, 1.54) is 0 Å². The van der Waals surface area contributed by atoms with Crippen LogP contribution in [-0.2, 0) is 12.1 Å². The first-order valence-corrected chi connectivity index (χ1v) is 8.08. The summed E-state index contributed by atoms with van der Waals surface area (Å²) in [4.78, 5) is 0. The highest BCUT2D eigenvalue weighted by atomic mass is 32.1. The van der Waals surface area contributed by atoms with E-state index in [-0.39, 0.29) is 0 Å². The quantitative estimate of drug-likeness (QED) is 0.704. The summed E-state index contributed by atoms with van der Waals surface area (Å²) >= 11 is 5.34. The van der Waals surface area contributed by atoms with Crippen molar-refractivity contribution in [2.75, 3.05) is 0 Å². The number of nitrogens with zero attached hydrogens (tertiary/aromatic N) is 2. The first kappa shape index (κ1) is 15.6. The van der Waals surface area contributed by atoms with Gasteiger partial charge in [-0.15, -0.1) is 0 Å². The van der Waals surface area contributed by atoms with Crippen molar-refractivity contribution in [1.82, 2.24) is 14.8 Å². The first-order valence-electron chi connectivity index (χ1n) is 7.67. The lowest BCUT2D eigenvalue weighted by atomic mass is 9.85. The van der Waals surface area contributed by atoms with Crippen molar-refractivity contribution in [1.29, 1.82) is 0 Å². The van der Waals surface area contributed by atoms with E-state index in [1.807, 2.05) is 65.2 Å². The molecular weight excluding hydrogens is 306 g/mol. The third-order valence-corrected chi connectivity index (χ3v) is 4.22. The summed E-state index contributed by atoms with van der Waals surface area (Å²) in [5.74, 6) is 0.516. The number of rotatable bonds is 5. The van der Waals surface area contributed by atoms with Gasteiger partial charge in [0.2, 0.25) is 0 Å². The number of benzene rings is 2. The van der Waals surface area contributed by atoms with E-state index in [9.17, 15) is 5.11 Å². The number of H-pyrrole nitrogens is 1. The van der Waals surface area contributed by atoms with Crippen LogP contribution in [0.4, 0.5) is 0 Å². The van der Waals surface area contributed by atoms with Crippen molar-refractivity contribution in [2.45, 2.75) is 25.5 Å². The summed E-state index contributed by atoms with van der Waals surface area (Å²) in [5, 5.41) is 18.9. The number of aliphatic hydroxyl groups is 1. The number of hydrogen-bond donors (Lipinski definition) is 2. The van der Waals surface area contributed by atoms with E-state index < -0.39 is 5.60 Å². The number of aromatic amines is 1. The van der Waals surface area contributed by atoms with Crippen molar-refractivity contribution in [2.24, 2.45) is 0 Å². The average Bonchev–Trinajstić information content (AvgIpc) is 2.97. The normalized spacial score (nSPS) is 11.6. The van der Waals surface area contributed by atoms with Crippen molar-refractivity contribution < 1.29 is 5.11 Å². The van der Waals surface area contributed by atoms with E-state index in [0.29, 0.717) is 17.1 Å². The largest absolute Gasteiger partial charge is 0.373 e. The third-order valence-electron chi connectivity index (χ3n) is 3.91. The summed E-state index contributed by atoms with van der Waals surface area (Å²) < 4.78 is 2.39. The molecule has 2 N–H and O–H groups in total. The molecule has 0 aliphatic carbocycles. The maximum absolute atomic E-state index is 11.7. The van der Waals surface area contributed by atoms with E-state index in [2.05, 4.69) is 17.1 Å². The van der Waals surface area contributed by atoms with Gasteiger partial charge in [0, 0.05) is 6.54 Å². The summed E-state index contributed by atoms with van der Waals surface area (Å²) in [5.41, 5.74) is 0.167. The fourth-order valence-corrected chi connectivity index (χ4v) is 3.03. The van der Waals surface area contributed by atoms with Crippen LogP contribution < -0.4 is 0 Å². The van der Waals surface area contributed by atoms with Gasteiger partial charge in [-0.25, -0.2) is 0 Å². The Bertz CT molecular complexity index is 785. The van der Waals surface area contributed by atoms with Gasteiger partial charge in [-0.05, 0) is 29.8 Å². The van der Waals surface area contributed by atoms with Crippen LogP contribution in [0.5, 0.6) is 0 Å². The number of hydrogen-bond acceptors (Lipinski definition) is 3. The summed E-state index contributed by atoms with van der Waals surface area (Å²) in [6, 6.07) is 19.1. The third kappa shape index (κ3) is 2.73. The van der Waals surface area contributed by atoms with Gasteiger partial charge < -0.3 is 9.67 Å². The topological polar surface area (TPSA) is 53.8 Å². The zero-order chi connectivity index (χ0) is 16.3. The molecule has 3 rings (SSSR count). The summed E-state index contributed by atoms with van der Waals surface area (Å²) in [6.45, 7) is 2.77. The van der Waals surface area contributed by atoms with Gasteiger partial charge in [-0.3, -0.25) is 5.10 Å². The van der Waals surface area contributed by atoms with Gasteiger partial charge >= 0.3 is 0 Å². The van der Waals surface area contributed by atoms with Crippen LogP contribution in [0.25, 0.3) is 0 Å². The van der Waals surface area contributed by atoms with Gasteiger partial charge in [-0.1, -0.05) is 67.6 Å². The lowest BCUT2D eigenvalue weighted by molar-refractivity contribution is 0.110. The monoisotopic (exact) mass is 325 g/mol. The Morgan fingerprint density at radius 2 is 1.57 bits per heavy atom. The van der Waals surface area contributed by atoms with Crippen molar-refractivity contribution in [3.05, 3.63) is 82.4 Å². The van der Waals surface area contributed by atoms with E-state index in [4.69, 9.17) is 12.2 Å². The molecule has 2 aromatic carbocycles. The Labute approximate surface area is 140 Å². The molecule has 118 valence electrons. The highest BCUT2D eigenvalue weighted by Gasteiger charge is 2.38. The van der Waals surface area contributed by atoms with E-state index in [1.54, 1.807) is 0 Å². The van der Waals surface area contributed by atoms with Crippen LogP contribution in [0.3, 0.4) is 0 Å². The molecule has 3 aromatic rings. The van der Waals surface area contributed by atoms with E-state index >= 15 is 0 Å².